The summed E-state index contributed by atoms with van der Waals surface area (Å²) in [4.78, 5) is 0. The number of rotatable bonds is 3. The average Bonchev–Trinajstić information content (AvgIpc) is 2.13. The van der Waals surface area contributed by atoms with Crippen LogP contribution in [0.4, 0.5) is 5.69 Å². The standard InChI is InChI=1S/C11H16N2O/c1-8-3-4-10(11(5-8)14-2)13-9-6-12-7-9/h3-5,9,12-13H,6-7H2,1-2H3. The van der Waals surface area contributed by atoms with Crippen molar-refractivity contribution in [3.8, 4) is 5.75 Å². The third-order valence-corrected chi connectivity index (χ3v) is 2.50. The quantitative estimate of drug-likeness (QED) is 0.759. The summed E-state index contributed by atoms with van der Waals surface area (Å²) in [5.74, 6) is 0.928. The zero-order valence-corrected chi connectivity index (χ0v) is 8.63. The Balaban J connectivity index is 2.14. The van der Waals surface area contributed by atoms with Gasteiger partial charge in [0.25, 0.3) is 0 Å². The first-order valence-electron chi connectivity index (χ1n) is 4.91. The number of nitrogens with one attached hydrogen (secondary N) is 2. The van der Waals surface area contributed by atoms with Crippen LogP contribution in [0.25, 0.3) is 0 Å². The van der Waals surface area contributed by atoms with Gasteiger partial charge in [-0.3, -0.25) is 0 Å². The lowest BCUT2D eigenvalue weighted by molar-refractivity contribution is 0.412. The third-order valence-electron chi connectivity index (χ3n) is 2.50. The predicted molar refractivity (Wildman–Crippen MR) is 58.0 cm³/mol. The lowest BCUT2D eigenvalue weighted by Gasteiger charge is -2.29. The van der Waals surface area contributed by atoms with Crippen molar-refractivity contribution in [1.82, 2.24) is 5.32 Å². The fraction of sp³-hybridized carbons (Fsp3) is 0.455. The summed E-state index contributed by atoms with van der Waals surface area (Å²) >= 11 is 0. The number of hydrogen-bond acceptors (Lipinski definition) is 3. The van der Waals surface area contributed by atoms with Gasteiger partial charge < -0.3 is 15.4 Å². The Labute approximate surface area is 84.5 Å². The van der Waals surface area contributed by atoms with Crippen molar-refractivity contribution in [3.05, 3.63) is 23.8 Å². The van der Waals surface area contributed by atoms with Crippen LogP contribution in [0.5, 0.6) is 5.75 Å². The molecule has 1 saturated heterocycles. The predicted octanol–water partition coefficient (Wildman–Crippen LogP) is 1.39. The molecule has 3 heteroatoms. The first-order valence-corrected chi connectivity index (χ1v) is 4.91. The summed E-state index contributed by atoms with van der Waals surface area (Å²) < 4.78 is 5.31. The van der Waals surface area contributed by atoms with Gasteiger partial charge in [-0.15, -0.1) is 0 Å². The van der Waals surface area contributed by atoms with Crippen LogP contribution in [0.1, 0.15) is 5.56 Å². The van der Waals surface area contributed by atoms with Crippen molar-refractivity contribution >= 4 is 5.69 Å². The fourth-order valence-corrected chi connectivity index (χ4v) is 1.53. The smallest absolute Gasteiger partial charge is 0.142 e. The van der Waals surface area contributed by atoms with Crippen LogP contribution in [-0.4, -0.2) is 26.2 Å². The first kappa shape index (κ1) is 9.34. The molecule has 2 N–H and O–H groups in total. The summed E-state index contributed by atoms with van der Waals surface area (Å²) in [5, 5.41) is 6.66. The molecule has 76 valence electrons. The summed E-state index contributed by atoms with van der Waals surface area (Å²) in [5.41, 5.74) is 2.31. The van der Waals surface area contributed by atoms with E-state index in [0.717, 1.165) is 24.5 Å². The van der Waals surface area contributed by atoms with Gasteiger partial charge >= 0.3 is 0 Å². The van der Waals surface area contributed by atoms with Crippen molar-refractivity contribution in [2.24, 2.45) is 0 Å². The summed E-state index contributed by atoms with van der Waals surface area (Å²) in [6, 6.07) is 6.77. The Kier molecular flexibility index (Phi) is 2.59. The molecule has 0 aromatic heterocycles. The third kappa shape index (κ3) is 1.82. The molecule has 0 amide bonds. The van der Waals surface area contributed by atoms with Gasteiger partial charge in [-0.25, -0.2) is 0 Å². The molecule has 0 unspecified atom stereocenters. The molecule has 0 radical (unpaired) electrons. The van der Waals surface area contributed by atoms with E-state index < -0.39 is 0 Å². The molecule has 1 fully saturated rings. The van der Waals surface area contributed by atoms with Crippen LogP contribution >= 0.6 is 0 Å². The summed E-state index contributed by atoms with van der Waals surface area (Å²) in [6.45, 7) is 4.14. The number of anilines is 1. The molecule has 3 nitrogen and oxygen atoms in total. The molecule has 1 aromatic rings. The van der Waals surface area contributed by atoms with E-state index in [1.165, 1.54) is 5.56 Å². The second kappa shape index (κ2) is 3.88. The van der Waals surface area contributed by atoms with Gasteiger partial charge in [-0.1, -0.05) is 6.07 Å². The highest BCUT2D eigenvalue weighted by molar-refractivity contribution is 5.58. The van der Waals surface area contributed by atoms with Crippen LogP contribution < -0.4 is 15.4 Å². The van der Waals surface area contributed by atoms with Crippen LogP contribution in [0, 0.1) is 6.92 Å². The maximum Gasteiger partial charge on any atom is 0.142 e. The molecule has 0 atom stereocenters. The zero-order valence-electron chi connectivity index (χ0n) is 8.63. The zero-order chi connectivity index (χ0) is 9.97. The Morgan fingerprint density at radius 3 is 2.79 bits per heavy atom. The van der Waals surface area contributed by atoms with Gasteiger partial charge in [-0.2, -0.15) is 0 Å². The number of aryl methyl sites for hydroxylation is 1. The highest BCUT2D eigenvalue weighted by Gasteiger charge is 2.17. The van der Waals surface area contributed by atoms with E-state index >= 15 is 0 Å². The van der Waals surface area contributed by atoms with Gasteiger partial charge in [0, 0.05) is 13.1 Å². The number of hydrogen-bond donors (Lipinski definition) is 2. The molecule has 1 aliphatic heterocycles. The molecule has 0 bridgehead atoms. The average molecular weight is 192 g/mol. The van der Waals surface area contributed by atoms with Gasteiger partial charge in [-0.05, 0) is 24.6 Å². The second-order valence-electron chi connectivity index (χ2n) is 3.70. The summed E-state index contributed by atoms with van der Waals surface area (Å²) in [7, 11) is 1.71. The van der Waals surface area contributed by atoms with Crippen LogP contribution in [0.2, 0.25) is 0 Å². The lowest BCUT2D eigenvalue weighted by Crippen LogP contribution is -2.51. The van der Waals surface area contributed by atoms with E-state index in [1.54, 1.807) is 7.11 Å². The van der Waals surface area contributed by atoms with E-state index in [-0.39, 0.29) is 0 Å². The molecule has 2 rings (SSSR count). The second-order valence-corrected chi connectivity index (χ2v) is 3.70. The minimum Gasteiger partial charge on any atom is -0.495 e. The van der Waals surface area contributed by atoms with E-state index in [9.17, 15) is 0 Å². The van der Waals surface area contributed by atoms with Crippen molar-refractivity contribution < 1.29 is 4.74 Å². The molecule has 0 spiro atoms. The van der Waals surface area contributed by atoms with Crippen LogP contribution in [0.15, 0.2) is 18.2 Å². The fourth-order valence-electron chi connectivity index (χ4n) is 1.53. The van der Waals surface area contributed by atoms with Crippen LogP contribution in [0.3, 0.4) is 0 Å². The Morgan fingerprint density at radius 1 is 1.43 bits per heavy atom. The van der Waals surface area contributed by atoms with E-state index in [0.29, 0.717) is 6.04 Å². The first-order chi connectivity index (χ1) is 6.79. The number of methoxy groups -OCH3 is 1. The molecule has 1 aromatic carbocycles. The van der Waals surface area contributed by atoms with Crippen LogP contribution in [-0.2, 0) is 0 Å². The Bertz CT molecular complexity index is 321. The minimum absolute atomic E-state index is 0.548. The minimum atomic E-state index is 0.548. The maximum atomic E-state index is 5.31. The monoisotopic (exact) mass is 192 g/mol. The molecule has 1 aliphatic rings. The lowest BCUT2D eigenvalue weighted by atomic mass is 10.1. The van der Waals surface area contributed by atoms with E-state index in [1.807, 2.05) is 0 Å². The van der Waals surface area contributed by atoms with Gasteiger partial charge in [0.05, 0.1) is 18.8 Å². The molecule has 1 heterocycles. The Morgan fingerprint density at radius 2 is 2.21 bits per heavy atom. The van der Waals surface area contributed by atoms with Gasteiger partial charge in [0.15, 0.2) is 0 Å². The number of benzene rings is 1. The normalized spacial score (nSPS) is 16.1. The van der Waals surface area contributed by atoms with Gasteiger partial charge in [0.1, 0.15) is 5.75 Å². The van der Waals surface area contributed by atoms with Crippen molar-refractivity contribution in [1.29, 1.82) is 0 Å². The Hall–Kier alpha value is -1.22. The van der Waals surface area contributed by atoms with Crippen molar-refractivity contribution in [2.75, 3.05) is 25.5 Å². The van der Waals surface area contributed by atoms with Gasteiger partial charge in [0.2, 0.25) is 0 Å². The number of ether oxygens (including phenoxy) is 1. The summed E-state index contributed by atoms with van der Waals surface area (Å²) in [6.07, 6.45) is 0. The molecule has 0 aliphatic carbocycles. The maximum absolute atomic E-state index is 5.31. The van der Waals surface area contributed by atoms with Crippen molar-refractivity contribution in [3.63, 3.8) is 0 Å². The highest BCUT2D eigenvalue weighted by atomic mass is 16.5. The van der Waals surface area contributed by atoms with E-state index in [2.05, 4.69) is 35.8 Å². The largest absolute Gasteiger partial charge is 0.495 e. The molecule has 0 saturated carbocycles. The topological polar surface area (TPSA) is 33.3 Å². The van der Waals surface area contributed by atoms with Crippen molar-refractivity contribution in [2.45, 2.75) is 13.0 Å². The molecular formula is C11H16N2O. The molecular weight excluding hydrogens is 176 g/mol. The SMILES string of the molecule is COc1cc(C)ccc1NC1CNC1. The van der Waals surface area contributed by atoms with E-state index in [4.69, 9.17) is 4.74 Å². The molecule has 14 heavy (non-hydrogen) atoms. The highest BCUT2D eigenvalue weighted by Crippen LogP contribution is 2.26.